The molecule has 0 spiro atoms. The zero-order valence-electron chi connectivity index (χ0n) is 25.2. The van der Waals surface area contributed by atoms with Crippen molar-refractivity contribution in [3.8, 4) is 0 Å². The molecular weight excluding hydrogens is 698 g/mol. The Morgan fingerprint density at radius 1 is 0.674 bits per heavy atom. The van der Waals surface area contributed by atoms with Gasteiger partial charge in [-0.1, -0.05) is 6.92 Å². The van der Waals surface area contributed by atoms with Crippen molar-refractivity contribution in [1.82, 2.24) is 0 Å². The molecule has 3 heterocycles. The van der Waals surface area contributed by atoms with E-state index in [9.17, 15) is 61.7 Å². The van der Waals surface area contributed by atoms with Crippen LogP contribution in [0.2, 0.25) is 0 Å². The third kappa shape index (κ3) is 11.9. The van der Waals surface area contributed by atoms with Crippen LogP contribution in [0, 0.1) is 0 Å². The van der Waals surface area contributed by atoms with Crippen LogP contribution in [0.5, 0.6) is 0 Å². The molecule has 260 valence electrons. The van der Waals surface area contributed by atoms with Gasteiger partial charge in [-0.2, -0.15) is 0 Å². The standard InChI is InChI=1S/C21H38O21S2.2Na/c1-3-4-35-19-15(28)18(41-20-13(26)12(25)10(23)7(2)37-20)16(8(5-22)38-19)40-21-14(27)17(42-44(32,33)34)11(24)9(39-21)6-36-43(29,30)31;;/h7-28H,3-6H2,1-2H3,(H,29,30,31)(H,32,33,34);;/q;2*+1/p-2/t7-,8+,9+,10+,11-,12+,13-,14+,15+,16+,17-,18+,19+,20-,21-;;/m0../s1. The van der Waals surface area contributed by atoms with E-state index in [1.807, 2.05) is 0 Å². The average molecular weight is 735 g/mol. The second-order valence-electron chi connectivity index (χ2n) is 10.2. The van der Waals surface area contributed by atoms with Crippen molar-refractivity contribution in [3.63, 3.8) is 0 Å². The third-order valence-electron chi connectivity index (χ3n) is 6.92. The van der Waals surface area contributed by atoms with Gasteiger partial charge in [0.05, 0.1) is 19.3 Å². The summed E-state index contributed by atoms with van der Waals surface area (Å²) in [6, 6.07) is 0. The Hall–Kier alpha value is 1.22. The Kier molecular flexibility index (Phi) is 18.9. The zero-order chi connectivity index (χ0) is 33.1. The van der Waals surface area contributed by atoms with E-state index in [0.29, 0.717) is 6.42 Å². The molecule has 46 heavy (non-hydrogen) atoms. The summed E-state index contributed by atoms with van der Waals surface area (Å²) >= 11 is 0. The van der Waals surface area contributed by atoms with Crippen molar-refractivity contribution in [1.29, 1.82) is 0 Å². The van der Waals surface area contributed by atoms with Gasteiger partial charge in [0.2, 0.25) is 20.8 Å². The van der Waals surface area contributed by atoms with Crippen LogP contribution in [-0.2, 0) is 57.6 Å². The molecule has 3 rings (SSSR count). The molecule has 7 N–H and O–H groups in total. The molecule has 15 atom stereocenters. The van der Waals surface area contributed by atoms with Crippen molar-refractivity contribution in [2.24, 2.45) is 0 Å². The molecule has 0 unspecified atom stereocenters. The first-order valence-corrected chi connectivity index (χ1v) is 15.9. The van der Waals surface area contributed by atoms with Crippen LogP contribution in [0.15, 0.2) is 0 Å². The topological polar surface area (TPSA) is 330 Å². The molecule has 0 bridgehead atoms. The van der Waals surface area contributed by atoms with Gasteiger partial charge in [-0.25, -0.2) is 16.8 Å². The van der Waals surface area contributed by atoms with Gasteiger partial charge in [0.25, 0.3) is 0 Å². The molecule has 3 aliphatic heterocycles. The van der Waals surface area contributed by atoms with Gasteiger partial charge in [-0.3, -0.25) is 8.37 Å². The minimum absolute atomic E-state index is 0. The maximum absolute atomic E-state index is 11.3. The van der Waals surface area contributed by atoms with Gasteiger partial charge in [-0.15, -0.1) is 0 Å². The summed E-state index contributed by atoms with van der Waals surface area (Å²) in [5, 5.41) is 73.1. The second-order valence-corrected chi connectivity index (χ2v) is 12.2. The molecule has 25 heteroatoms. The van der Waals surface area contributed by atoms with E-state index in [1.165, 1.54) is 6.92 Å². The Morgan fingerprint density at radius 3 is 1.76 bits per heavy atom. The summed E-state index contributed by atoms with van der Waals surface area (Å²) in [6.07, 6.45) is -27.3. The summed E-state index contributed by atoms with van der Waals surface area (Å²) in [7, 11) is -11.0. The number of rotatable bonds is 13. The Balaban J connectivity index is 0.00000529. The van der Waals surface area contributed by atoms with Gasteiger partial charge < -0.3 is 73.3 Å². The van der Waals surface area contributed by atoms with Crippen LogP contribution in [0.4, 0.5) is 0 Å². The van der Waals surface area contributed by atoms with Gasteiger partial charge in [0.1, 0.15) is 67.1 Å². The van der Waals surface area contributed by atoms with E-state index >= 15 is 0 Å². The number of ether oxygens (including phenoxy) is 6. The molecule has 3 fully saturated rings. The minimum Gasteiger partial charge on any atom is -0.726 e. The summed E-state index contributed by atoms with van der Waals surface area (Å²) < 4.78 is 108. The van der Waals surface area contributed by atoms with E-state index < -0.39 is 126 Å². The Labute approximate surface area is 308 Å². The molecule has 21 nitrogen and oxygen atoms in total. The van der Waals surface area contributed by atoms with E-state index in [4.69, 9.17) is 28.4 Å². The second kappa shape index (κ2) is 19.2. The normalized spacial score (nSPS) is 42.1. The molecule has 0 aromatic heterocycles. The fourth-order valence-electron chi connectivity index (χ4n) is 4.72. The van der Waals surface area contributed by atoms with E-state index in [-0.39, 0.29) is 65.7 Å². The van der Waals surface area contributed by atoms with Crippen LogP contribution in [0.3, 0.4) is 0 Å². The largest absolute Gasteiger partial charge is 1.00 e. The van der Waals surface area contributed by atoms with Crippen molar-refractivity contribution >= 4 is 20.8 Å². The third-order valence-corrected chi connectivity index (χ3v) is 7.80. The van der Waals surface area contributed by atoms with Gasteiger partial charge in [-0.05, 0) is 13.3 Å². The Bertz CT molecular complexity index is 1130. The summed E-state index contributed by atoms with van der Waals surface area (Å²) in [5.74, 6) is 0. The molecule has 0 aromatic carbocycles. The number of hydrogen-bond donors (Lipinski definition) is 7. The Morgan fingerprint density at radius 2 is 1.22 bits per heavy atom. The number of aliphatic hydroxyl groups is 7. The molecule has 0 radical (unpaired) electrons. The molecule has 3 aliphatic rings. The van der Waals surface area contributed by atoms with Crippen molar-refractivity contribution in [2.45, 2.75) is 112 Å². The van der Waals surface area contributed by atoms with Gasteiger partial charge in [0, 0.05) is 6.61 Å². The first-order chi connectivity index (χ1) is 20.4. The van der Waals surface area contributed by atoms with Crippen LogP contribution in [0.25, 0.3) is 0 Å². The first-order valence-electron chi connectivity index (χ1n) is 13.2. The monoisotopic (exact) mass is 734 g/mol. The van der Waals surface area contributed by atoms with Crippen LogP contribution in [0.1, 0.15) is 20.3 Å². The summed E-state index contributed by atoms with van der Waals surface area (Å²) in [4.78, 5) is 0. The zero-order valence-corrected chi connectivity index (χ0v) is 30.8. The fraction of sp³-hybridized carbons (Fsp3) is 1.00. The predicted molar refractivity (Wildman–Crippen MR) is 131 cm³/mol. The van der Waals surface area contributed by atoms with Gasteiger partial charge >= 0.3 is 59.1 Å². The van der Waals surface area contributed by atoms with Gasteiger partial charge in [0.15, 0.2) is 18.9 Å². The van der Waals surface area contributed by atoms with Crippen molar-refractivity contribution < 1.29 is 158 Å². The molecule has 0 aromatic rings. The predicted octanol–water partition coefficient (Wildman–Crippen LogP) is -12.1. The van der Waals surface area contributed by atoms with E-state index in [2.05, 4.69) is 8.37 Å². The molecule has 0 saturated carbocycles. The van der Waals surface area contributed by atoms with E-state index in [0.717, 1.165) is 0 Å². The molecule has 3 saturated heterocycles. The maximum atomic E-state index is 11.3. The number of aliphatic hydroxyl groups excluding tert-OH is 7. The summed E-state index contributed by atoms with van der Waals surface area (Å²) in [6.45, 7) is 0.918. The minimum atomic E-state index is -5.64. The first kappa shape index (κ1) is 45.2. The van der Waals surface area contributed by atoms with E-state index in [1.54, 1.807) is 6.92 Å². The average Bonchev–Trinajstić information content (AvgIpc) is 2.93. The van der Waals surface area contributed by atoms with Crippen molar-refractivity contribution in [3.05, 3.63) is 0 Å². The van der Waals surface area contributed by atoms with Crippen LogP contribution >= 0.6 is 0 Å². The number of hydrogen-bond acceptors (Lipinski definition) is 21. The maximum Gasteiger partial charge on any atom is 1.00 e. The van der Waals surface area contributed by atoms with Crippen molar-refractivity contribution in [2.75, 3.05) is 19.8 Å². The summed E-state index contributed by atoms with van der Waals surface area (Å²) in [5.41, 5.74) is 0. The fourth-order valence-corrected chi connectivity index (χ4v) is 5.52. The molecule has 0 amide bonds. The van der Waals surface area contributed by atoms with Crippen LogP contribution in [-0.4, -0.2) is 174 Å². The molecule has 0 aliphatic carbocycles. The molecular formula is C21H36Na2O21S2. The van der Waals surface area contributed by atoms with Crippen LogP contribution < -0.4 is 59.1 Å². The smallest absolute Gasteiger partial charge is 0.726 e. The quantitative estimate of drug-likeness (QED) is 0.0524. The SMILES string of the molecule is CCCO[C@@H]1O[C@H](CO)[C@@H](O[C@@H]2O[C@H](COS(=O)(=O)[O-])[C@H](O)[C@H](OS(=O)(=O)[O-])[C@H]2O)[C@H](O[C@@H]2O[C@@H](C)[C@@H](O)[C@@H](O)[C@@H]2O)[C@H]1O.[Na+].[Na+].